The number of nitrogens with one attached hydrogen (secondary N) is 2. The van der Waals surface area contributed by atoms with E-state index in [2.05, 4.69) is 25.3 Å². The van der Waals surface area contributed by atoms with Crippen LogP contribution >= 0.6 is 11.3 Å². The third kappa shape index (κ3) is 2.84. The summed E-state index contributed by atoms with van der Waals surface area (Å²) in [4.78, 5) is 29.7. The van der Waals surface area contributed by atoms with Crippen LogP contribution in [0.4, 0.5) is 0 Å². The molecule has 0 unspecified atom stereocenters. The SMILES string of the molecule is O=C(NC1CCCCC1)c1nc(-c2cncs2)nc2cc[nH]c12. The highest BCUT2D eigenvalue weighted by Gasteiger charge is 2.21. The highest BCUT2D eigenvalue weighted by molar-refractivity contribution is 7.13. The molecule has 0 saturated heterocycles. The number of thiazole rings is 1. The molecule has 1 aliphatic carbocycles. The largest absolute Gasteiger partial charge is 0.358 e. The Bertz CT molecular complexity index is 820. The minimum absolute atomic E-state index is 0.127. The average molecular weight is 327 g/mol. The van der Waals surface area contributed by atoms with Crippen LogP contribution < -0.4 is 5.32 Å². The Kier molecular flexibility index (Phi) is 3.78. The fourth-order valence-electron chi connectivity index (χ4n) is 3.05. The fraction of sp³-hybridized carbons (Fsp3) is 0.375. The van der Waals surface area contributed by atoms with Gasteiger partial charge < -0.3 is 10.3 Å². The number of aromatic nitrogens is 4. The van der Waals surface area contributed by atoms with Crippen LogP contribution in [0.15, 0.2) is 24.0 Å². The topological polar surface area (TPSA) is 83.6 Å². The van der Waals surface area contributed by atoms with Crippen LogP contribution in [0.1, 0.15) is 42.6 Å². The van der Waals surface area contributed by atoms with E-state index in [1.165, 1.54) is 30.6 Å². The summed E-state index contributed by atoms with van der Waals surface area (Å²) in [5.41, 5.74) is 3.58. The molecule has 2 N–H and O–H groups in total. The van der Waals surface area contributed by atoms with Gasteiger partial charge in [-0.25, -0.2) is 9.97 Å². The van der Waals surface area contributed by atoms with Crippen molar-refractivity contribution in [1.82, 2.24) is 25.3 Å². The third-order valence-corrected chi connectivity index (χ3v) is 4.98. The van der Waals surface area contributed by atoms with Crippen LogP contribution in [0, 0.1) is 0 Å². The normalized spacial score (nSPS) is 15.8. The summed E-state index contributed by atoms with van der Waals surface area (Å²) in [7, 11) is 0. The maximum Gasteiger partial charge on any atom is 0.272 e. The molecule has 6 nitrogen and oxygen atoms in total. The number of hydrogen-bond acceptors (Lipinski definition) is 5. The second-order valence-electron chi connectivity index (χ2n) is 5.81. The molecule has 1 amide bonds. The van der Waals surface area contributed by atoms with E-state index >= 15 is 0 Å². The van der Waals surface area contributed by atoms with Gasteiger partial charge in [0, 0.05) is 18.4 Å². The van der Waals surface area contributed by atoms with E-state index in [1.54, 1.807) is 17.9 Å². The molecule has 7 heteroatoms. The number of amides is 1. The highest BCUT2D eigenvalue weighted by atomic mass is 32.1. The van der Waals surface area contributed by atoms with Crippen molar-refractivity contribution in [3.8, 4) is 10.7 Å². The zero-order chi connectivity index (χ0) is 15.6. The Hall–Kier alpha value is -2.28. The molecule has 0 spiro atoms. The Balaban J connectivity index is 1.69. The molecule has 3 aromatic heterocycles. The molecule has 0 aromatic carbocycles. The maximum absolute atomic E-state index is 12.7. The second kappa shape index (κ2) is 6.08. The Labute approximate surface area is 137 Å². The Morgan fingerprint density at radius 2 is 2.13 bits per heavy atom. The molecule has 3 heterocycles. The summed E-state index contributed by atoms with van der Waals surface area (Å²) >= 11 is 1.47. The van der Waals surface area contributed by atoms with Gasteiger partial charge in [-0.15, -0.1) is 11.3 Å². The second-order valence-corrected chi connectivity index (χ2v) is 6.69. The monoisotopic (exact) mass is 327 g/mol. The van der Waals surface area contributed by atoms with E-state index in [-0.39, 0.29) is 11.9 Å². The van der Waals surface area contributed by atoms with Gasteiger partial charge in [-0.2, -0.15) is 0 Å². The zero-order valence-electron chi connectivity index (χ0n) is 12.6. The van der Waals surface area contributed by atoms with Crippen molar-refractivity contribution in [2.45, 2.75) is 38.1 Å². The van der Waals surface area contributed by atoms with Gasteiger partial charge >= 0.3 is 0 Å². The van der Waals surface area contributed by atoms with E-state index in [0.29, 0.717) is 17.0 Å². The summed E-state index contributed by atoms with van der Waals surface area (Å²) in [6, 6.07) is 2.11. The summed E-state index contributed by atoms with van der Waals surface area (Å²) < 4.78 is 0. The summed E-state index contributed by atoms with van der Waals surface area (Å²) in [5, 5.41) is 3.13. The maximum atomic E-state index is 12.7. The van der Waals surface area contributed by atoms with E-state index < -0.39 is 0 Å². The van der Waals surface area contributed by atoms with Crippen molar-refractivity contribution in [1.29, 1.82) is 0 Å². The molecule has 1 saturated carbocycles. The molecule has 3 aromatic rings. The molecule has 0 aliphatic heterocycles. The van der Waals surface area contributed by atoms with Crippen molar-refractivity contribution in [3.63, 3.8) is 0 Å². The van der Waals surface area contributed by atoms with Gasteiger partial charge in [0.1, 0.15) is 0 Å². The first-order chi connectivity index (χ1) is 11.3. The summed E-state index contributed by atoms with van der Waals surface area (Å²) in [6.45, 7) is 0. The van der Waals surface area contributed by atoms with Crippen molar-refractivity contribution < 1.29 is 4.79 Å². The lowest BCUT2D eigenvalue weighted by atomic mass is 9.95. The lowest BCUT2D eigenvalue weighted by Crippen LogP contribution is -2.36. The zero-order valence-corrected chi connectivity index (χ0v) is 13.4. The smallest absolute Gasteiger partial charge is 0.272 e. The standard InChI is InChI=1S/C16H17N5OS/c22-16(19-10-4-2-1-3-5-10)14-13-11(6-7-18-13)20-15(21-14)12-8-17-9-23-12/h6-10,18H,1-5H2,(H,19,22). The van der Waals surface area contributed by atoms with Crippen LogP contribution in [-0.4, -0.2) is 31.9 Å². The summed E-state index contributed by atoms with van der Waals surface area (Å²) in [6.07, 6.45) is 9.22. The van der Waals surface area contributed by atoms with Crippen molar-refractivity contribution in [3.05, 3.63) is 29.7 Å². The highest BCUT2D eigenvalue weighted by Crippen LogP contribution is 2.24. The van der Waals surface area contributed by atoms with Gasteiger partial charge in [0.05, 0.1) is 21.4 Å². The molecule has 1 fully saturated rings. The Morgan fingerprint density at radius 3 is 2.91 bits per heavy atom. The quantitative estimate of drug-likeness (QED) is 0.774. The lowest BCUT2D eigenvalue weighted by Gasteiger charge is -2.22. The van der Waals surface area contributed by atoms with Crippen LogP contribution in [0.2, 0.25) is 0 Å². The van der Waals surface area contributed by atoms with E-state index in [9.17, 15) is 4.79 Å². The van der Waals surface area contributed by atoms with E-state index in [4.69, 9.17) is 0 Å². The molecule has 4 rings (SSSR count). The molecule has 0 bridgehead atoms. The predicted octanol–water partition coefficient (Wildman–Crippen LogP) is 3.14. The molecule has 23 heavy (non-hydrogen) atoms. The van der Waals surface area contributed by atoms with Crippen molar-refractivity contribution in [2.24, 2.45) is 0 Å². The number of fused-ring (bicyclic) bond motifs is 1. The van der Waals surface area contributed by atoms with Crippen LogP contribution in [-0.2, 0) is 0 Å². The van der Waals surface area contributed by atoms with Crippen molar-refractivity contribution >= 4 is 28.3 Å². The summed E-state index contributed by atoms with van der Waals surface area (Å²) in [5.74, 6) is 0.422. The predicted molar refractivity (Wildman–Crippen MR) is 89.3 cm³/mol. The number of aromatic amines is 1. The number of H-pyrrole nitrogens is 1. The van der Waals surface area contributed by atoms with E-state index in [1.807, 2.05) is 6.07 Å². The lowest BCUT2D eigenvalue weighted by molar-refractivity contribution is 0.0924. The van der Waals surface area contributed by atoms with Gasteiger partial charge in [0.2, 0.25) is 0 Å². The minimum Gasteiger partial charge on any atom is -0.358 e. The van der Waals surface area contributed by atoms with Crippen LogP contribution in [0.3, 0.4) is 0 Å². The van der Waals surface area contributed by atoms with Gasteiger partial charge in [-0.3, -0.25) is 9.78 Å². The molecule has 0 radical (unpaired) electrons. The molecular formula is C16H17N5OS. The van der Waals surface area contributed by atoms with Gasteiger partial charge in [0.25, 0.3) is 5.91 Å². The van der Waals surface area contributed by atoms with E-state index in [0.717, 1.165) is 23.2 Å². The first-order valence-electron chi connectivity index (χ1n) is 7.86. The molecular weight excluding hydrogens is 310 g/mol. The number of rotatable bonds is 3. The van der Waals surface area contributed by atoms with Crippen LogP contribution in [0.5, 0.6) is 0 Å². The first-order valence-corrected chi connectivity index (χ1v) is 8.74. The number of hydrogen-bond donors (Lipinski definition) is 2. The number of carbonyl (C=O) groups excluding carboxylic acids is 1. The average Bonchev–Trinajstić information content (AvgIpc) is 3.26. The van der Waals surface area contributed by atoms with Crippen LogP contribution in [0.25, 0.3) is 21.7 Å². The third-order valence-electron chi connectivity index (χ3n) is 4.21. The fourth-order valence-corrected chi connectivity index (χ4v) is 3.60. The number of carbonyl (C=O) groups is 1. The first kappa shape index (κ1) is 14.3. The minimum atomic E-state index is -0.127. The van der Waals surface area contributed by atoms with Gasteiger partial charge in [-0.1, -0.05) is 19.3 Å². The van der Waals surface area contributed by atoms with Gasteiger partial charge in [-0.05, 0) is 18.9 Å². The van der Waals surface area contributed by atoms with Gasteiger partial charge in [0.15, 0.2) is 11.5 Å². The molecule has 1 aliphatic rings. The number of nitrogens with zero attached hydrogens (tertiary/aromatic N) is 3. The molecule has 0 atom stereocenters. The Morgan fingerprint density at radius 1 is 1.26 bits per heavy atom. The molecule has 118 valence electrons. The van der Waals surface area contributed by atoms with Crippen molar-refractivity contribution in [2.75, 3.05) is 0 Å².